The summed E-state index contributed by atoms with van der Waals surface area (Å²) < 4.78 is 147. The van der Waals surface area contributed by atoms with Gasteiger partial charge in [-0.2, -0.15) is 48.3 Å². The summed E-state index contributed by atoms with van der Waals surface area (Å²) in [5.41, 5.74) is -6.22. The summed E-state index contributed by atoms with van der Waals surface area (Å²) in [5.74, 6) is -13.3. The molecule has 0 saturated carbocycles. The molecule has 0 radical (unpaired) electrons. The third-order valence-electron chi connectivity index (χ3n) is 2.26. The Morgan fingerprint density at radius 1 is 0.632 bits per heavy atom. The fourth-order valence-electron chi connectivity index (χ4n) is 1.29. The highest BCUT2D eigenvalue weighted by Gasteiger charge is 3.05. The smallest absolute Gasteiger partial charge is 0.308 e. The van der Waals surface area contributed by atoms with Gasteiger partial charge in [0.2, 0.25) is 0 Å². The third kappa shape index (κ3) is 1.69. The number of alkyl halides is 12. The van der Waals surface area contributed by atoms with Crippen LogP contribution in [0.5, 0.6) is 0 Å². The van der Waals surface area contributed by atoms with Crippen molar-refractivity contribution in [3.63, 3.8) is 0 Å². The van der Waals surface area contributed by atoms with Gasteiger partial charge in [-0.05, 0) is 0 Å². The van der Waals surface area contributed by atoms with Gasteiger partial charge < -0.3 is 4.74 Å². The molecule has 13 heteroatoms. The maximum atomic E-state index is 13.0. The van der Waals surface area contributed by atoms with Gasteiger partial charge in [-0.15, -0.1) is 0 Å². The summed E-state index contributed by atoms with van der Waals surface area (Å²) in [6.45, 7) is 0. The van der Waals surface area contributed by atoms with Crippen molar-refractivity contribution in [1.29, 1.82) is 0 Å². The molecule has 0 aliphatic carbocycles. The highest BCUT2D eigenvalue weighted by molar-refractivity contribution is 5.25. The first kappa shape index (κ1) is 16.2. The van der Waals surface area contributed by atoms with Crippen molar-refractivity contribution < 1.29 is 57.4 Å². The number of halogens is 12. The Labute approximate surface area is 94.7 Å². The largest absolute Gasteiger partial charge is 0.459 e. The molecule has 1 heterocycles. The molecule has 0 spiro atoms. The fraction of sp³-hybridized carbons (Fsp3) is 1.00. The molecule has 0 aromatic rings. The molecule has 1 atom stereocenters. The predicted octanol–water partition coefficient (Wildman–Crippen LogP) is 3.74. The van der Waals surface area contributed by atoms with Gasteiger partial charge in [-0.3, -0.25) is 0 Å². The van der Waals surface area contributed by atoms with Crippen molar-refractivity contribution in [1.82, 2.24) is 0 Å². The maximum Gasteiger partial charge on any atom is 0.459 e. The van der Waals surface area contributed by atoms with Crippen LogP contribution in [0.4, 0.5) is 52.7 Å². The lowest BCUT2D eigenvalue weighted by atomic mass is 9.96. The summed E-state index contributed by atoms with van der Waals surface area (Å²) in [6.07, 6.45) is -20.7. The van der Waals surface area contributed by atoms with E-state index in [1.807, 2.05) is 0 Å². The standard InChI is InChI=1S/C6F12O/c7-2(8,6(16,17)18)3(9)1(19-3,4(10,11)12)5(13,14)15. The lowest BCUT2D eigenvalue weighted by molar-refractivity contribution is -0.339. The van der Waals surface area contributed by atoms with E-state index in [1.54, 1.807) is 0 Å². The van der Waals surface area contributed by atoms with Crippen LogP contribution in [0.3, 0.4) is 0 Å². The van der Waals surface area contributed by atoms with E-state index in [0.29, 0.717) is 0 Å². The van der Waals surface area contributed by atoms with Crippen LogP contribution in [0.2, 0.25) is 0 Å². The number of rotatable bonds is 1. The fourth-order valence-corrected chi connectivity index (χ4v) is 1.29. The second-order valence-corrected chi connectivity index (χ2v) is 3.45. The van der Waals surface area contributed by atoms with E-state index in [1.165, 1.54) is 0 Å². The Morgan fingerprint density at radius 3 is 1.11 bits per heavy atom. The van der Waals surface area contributed by atoms with E-state index < -0.39 is 35.9 Å². The van der Waals surface area contributed by atoms with Gasteiger partial charge in [-0.1, -0.05) is 0 Å². The van der Waals surface area contributed by atoms with Crippen LogP contribution in [0, 0.1) is 0 Å². The molecule has 1 rings (SSSR count). The summed E-state index contributed by atoms with van der Waals surface area (Å²) >= 11 is 0. The van der Waals surface area contributed by atoms with E-state index in [2.05, 4.69) is 4.74 Å². The highest BCUT2D eigenvalue weighted by Crippen LogP contribution is 2.72. The molecule has 0 N–H and O–H groups in total. The second-order valence-electron chi connectivity index (χ2n) is 3.45. The molecule has 1 nitrogen and oxygen atoms in total. The molecular formula is C6F12O. The van der Waals surface area contributed by atoms with Gasteiger partial charge in [-0.25, -0.2) is 4.39 Å². The lowest BCUT2D eigenvalue weighted by Gasteiger charge is -2.26. The van der Waals surface area contributed by atoms with Crippen LogP contribution in [-0.2, 0) is 4.74 Å². The van der Waals surface area contributed by atoms with Crippen molar-refractivity contribution in [2.45, 2.75) is 35.9 Å². The molecule has 0 aromatic heterocycles. The molecule has 1 fully saturated rings. The van der Waals surface area contributed by atoms with Crippen molar-refractivity contribution in [3.8, 4) is 0 Å². The van der Waals surface area contributed by atoms with Gasteiger partial charge in [0, 0.05) is 0 Å². The van der Waals surface area contributed by atoms with Crippen LogP contribution < -0.4 is 0 Å². The Kier molecular flexibility index (Phi) is 2.90. The Balaban J connectivity index is 3.41. The zero-order valence-corrected chi connectivity index (χ0v) is 7.94. The summed E-state index contributed by atoms with van der Waals surface area (Å²) in [7, 11) is 0. The molecule has 0 aromatic carbocycles. The molecule has 1 saturated heterocycles. The maximum absolute atomic E-state index is 13.0. The monoisotopic (exact) mass is 316 g/mol. The predicted molar refractivity (Wildman–Crippen MR) is 30.8 cm³/mol. The number of hydrogen-bond donors (Lipinski definition) is 0. The Morgan fingerprint density at radius 2 is 0.947 bits per heavy atom. The van der Waals surface area contributed by atoms with E-state index in [0.717, 1.165) is 0 Å². The second kappa shape index (κ2) is 3.41. The van der Waals surface area contributed by atoms with E-state index in [-0.39, 0.29) is 0 Å². The molecular weight excluding hydrogens is 316 g/mol. The van der Waals surface area contributed by atoms with E-state index >= 15 is 0 Å². The zero-order chi connectivity index (χ0) is 15.7. The summed E-state index contributed by atoms with van der Waals surface area (Å²) in [5, 5.41) is 0. The number of ether oxygens (including phenoxy) is 1. The minimum atomic E-state index is -7.00. The molecule has 0 bridgehead atoms. The molecule has 0 amide bonds. The van der Waals surface area contributed by atoms with Gasteiger partial charge in [0.25, 0.3) is 0 Å². The zero-order valence-electron chi connectivity index (χ0n) is 7.94. The molecule has 1 aliphatic heterocycles. The van der Waals surface area contributed by atoms with Crippen LogP contribution in [0.25, 0.3) is 0 Å². The molecule has 114 valence electrons. The first-order chi connectivity index (χ1) is 7.96. The van der Waals surface area contributed by atoms with Crippen molar-refractivity contribution in [3.05, 3.63) is 0 Å². The molecule has 1 aliphatic rings. The van der Waals surface area contributed by atoms with Crippen molar-refractivity contribution >= 4 is 0 Å². The first-order valence-electron chi connectivity index (χ1n) is 3.93. The van der Waals surface area contributed by atoms with Gasteiger partial charge in [0.05, 0.1) is 0 Å². The molecule has 1 unspecified atom stereocenters. The van der Waals surface area contributed by atoms with Crippen molar-refractivity contribution in [2.75, 3.05) is 0 Å². The minimum absolute atomic E-state index is 2.23. The minimum Gasteiger partial charge on any atom is -0.308 e. The third-order valence-corrected chi connectivity index (χ3v) is 2.26. The van der Waals surface area contributed by atoms with Crippen molar-refractivity contribution in [2.24, 2.45) is 0 Å². The van der Waals surface area contributed by atoms with Crippen LogP contribution in [0.1, 0.15) is 0 Å². The number of hydrogen-bond acceptors (Lipinski definition) is 1. The van der Waals surface area contributed by atoms with Gasteiger partial charge in [0.15, 0.2) is 0 Å². The topological polar surface area (TPSA) is 12.5 Å². The Hall–Kier alpha value is -0.880. The SMILES string of the molecule is FC(F)(F)C(F)(F)C1(F)OC1(C(F)(F)F)C(F)(F)F. The average Bonchev–Trinajstić information content (AvgIpc) is 2.71. The van der Waals surface area contributed by atoms with Crippen LogP contribution in [0.15, 0.2) is 0 Å². The average molecular weight is 316 g/mol. The quantitative estimate of drug-likeness (QED) is 0.530. The van der Waals surface area contributed by atoms with Gasteiger partial charge >= 0.3 is 35.9 Å². The Bertz CT molecular complexity index is 359. The highest BCUT2D eigenvalue weighted by atomic mass is 19.4. The van der Waals surface area contributed by atoms with E-state index in [9.17, 15) is 52.7 Å². The van der Waals surface area contributed by atoms with Crippen LogP contribution >= 0.6 is 0 Å². The lowest BCUT2D eigenvalue weighted by Crippen LogP contribution is -2.59. The normalized spacial score (nSPS) is 28.4. The number of epoxide rings is 1. The molecule has 19 heavy (non-hydrogen) atoms. The summed E-state index contributed by atoms with van der Waals surface area (Å²) in [6, 6.07) is 0. The van der Waals surface area contributed by atoms with Gasteiger partial charge in [0.1, 0.15) is 0 Å². The van der Waals surface area contributed by atoms with Crippen LogP contribution in [-0.4, -0.2) is 35.9 Å². The summed E-state index contributed by atoms with van der Waals surface area (Å²) in [4.78, 5) is 0. The van der Waals surface area contributed by atoms with E-state index in [4.69, 9.17) is 0 Å². The first-order valence-corrected chi connectivity index (χ1v) is 3.93.